The van der Waals surface area contributed by atoms with Gasteiger partial charge in [0, 0.05) is 12.6 Å². The molecule has 0 saturated carbocycles. The van der Waals surface area contributed by atoms with Crippen molar-refractivity contribution in [1.82, 2.24) is 5.32 Å². The Morgan fingerprint density at radius 3 is 2.38 bits per heavy atom. The predicted octanol–water partition coefficient (Wildman–Crippen LogP) is 4.68. The lowest BCUT2D eigenvalue weighted by atomic mass is 10.1. The number of nitriles is 1. The van der Waals surface area contributed by atoms with E-state index >= 15 is 0 Å². The first-order valence-corrected chi connectivity index (χ1v) is 10.3. The summed E-state index contributed by atoms with van der Waals surface area (Å²) in [6.07, 6.45) is 4.13. The molecule has 1 amide bonds. The van der Waals surface area contributed by atoms with Gasteiger partial charge in [0.1, 0.15) is 17.5 Å². The molecule has 0 saturated heterocycles. The average Bonchev–Trinajstić information content (AvgIpc) is 2.86. The van der Waals surface area contributed by atoms with Crippen molar-refractivity contribution in [2.45, 2.75) is 6.54 Å². The molecule has 170 valence electrons. The zero-order chi connectivity index (χ0) is 24.3. The van der Waals surface area contributed by atoms with E-state index in [1.165, 1.54) is 55.7 Å². The standard InChI is InChI=1S/C27H21FN2O4/c1-33-25-16-21(15-22(17-29)27(32)30-18-20-5-3-2-4-6-20)9-13-24(25)34-26(31)14-10-19-7-11-23(28)12-8-19/h2-16H,18H2,1H3,(H,30,32)/b14-10+,22-15+. The van der Waals surface area contributed by atoms with E-state index in [4.69, 9.17) is 9.47 Å². The fraction of sp³-hybridized carbons (Fsp3) is 0.0741. The summed E-state index contributed by atoms with van der Waals surface area (Å²) in [6.45, 7) is 0.294. The minimum Gasteiger partial charge on any atom is -0.493 e. The molecule has 0 heterocycles. The van der Waals surface area contributed by atoms with Crippen LogP contribution in [-0.2, 0) is 16.1 Å². The monoisotopic (exact) mass is 456 g/mol. The number of hydrogen-bond donors (Lipinski definition) is 1. The highest BCUT2D eigenvalue weighted by Gasteiger charge is 2.12. The first-order chi connectivity index (χ1) is 16.5. The average molecular weight is 456 g/mol. The number of esters is 1. The topological polar surface area (TPSA) is 88.4 Å². The minimum absolute atomic E-state index is 0.0787. The van der Waals surface area contributed by atoms with Gasteiger partial charge in [-0.3, -0.25) is 4.79 Å². The van der Waals surface area contributed by atoms with Gasteiger partial charge in [-0.2, -0.15) is 5.26 Å². The van der Waals surface area contributed by atoms with Crippen LogP contribution in [0.25, 0.3) is 12.2 Å². The summed E-state index contributed by atoms with van der Waals surface area (Å²) >= 11 is 0. The molecule has 0 bridgehead atoms. The summed E-state index contributed by atoms with van der Waals surface area (Å²) in [7, 11) is 1.41. The number of rotatable bonds is 8. The van der Waals surface area contributed by atoms with Gasteiger partial charge in [-0.1, -0.05) is 48.5 Å². The quantitative estimate of drug-likeness (QED) is 0.230. The Hall–Kier alpha value is -4.70. The van der Waals surface area contributed by atoms with E-state index in [-0.39, 0.29) is 22.9 Å². The third-order valence-electron chi connectivity index (χ3n) is 4.65. The van der Waals surface area contributed by atoms with Crippen molar-refractivity contribution in [2.75, 3.05) is 7.11 Å². The molecule has 0 radical (unpaired) electrons. The van der Waals surface area contributed by atoms with Gasteiger partial charge in [0.2, 0.25) is 0 Å². The van der Waals surface area contributed by atoms with Crippen molar-refractivity contribution in [3.63, 3.8) is 0 Å². The summed E-state index contributed by atoms with van der Waals surface area (Å²) in [5, 5.41) is 12.1. The van der Waals surface area contributed by atoms with Crippen LogP contribution in [0.2, 0.25) is 0 Å². The molecule has 0 aliphatic rings. The molecule has 0 aliphatic carbocycles. The molecule has 6 nitrogen and oxygen atoms in total. The number of nitrogens with one attached hydrogen (secondary N) is 1. The Morgan fingerprint density at radius 2 is 1.71 bits per heavy atom. The van der Waals surface area contributed by atoms with E-state index in [0.717, 1.165) is 5.56 Å². The second kappa shape index (κ2) is 11.8. The molecule has 7 heteroatoms. The number of carbonyl (C=O) groups excluding carboxylic acids is 2. The smallest absolute Gasteiger partial charge is 0.336 e. The van der Waals surface area contributed by atoms with Crippen LogP contribution in [-0.4, -0.2) is 19.0 Å². The second-order valence-corrected chi connectivity index (χ2v) is 7.05. The zero-order valence-corrected chi connectivity index (χ0v) is 18.3. The minimum atomic E-state index is -0.649. The lowest BCUT2D eigenvalue weighted by molar-refractivity contribution is -0.129. The van der Waals surface area contributed by atoms with E-state index in [2.05, 4.69) is 5.32 Å². The van der Waals surface area contributed by atoms with Crippen LogP contribution in [0.4, 0.5) is 4.39 Å². The maximum absolute atomic E-state index is 13.0. The van der Waals surface area contributed by atoms with Crippen molar-refractivity contribution >= 4 is 24.0 Å². The Kier molecular flexibility index (Phi) is 8.30. The first kappa shape index (κ1) is 24.0. The molecule has 1 N–H and O–H groups in total. The van der Waals surface area contributed by atoms with Gasteiger partial charge in [0.15, 0.2) is 11.5 Å². The summed E-state index contributed by atoms with van der Waals surface area (Å²) < 4.78 is 23.6. The number of benzene rings is 3. The molecule has 0 spiro atoms. The van der Waals surface area contributed by atoms with Gasteiger partial charge in [-0.05, 0) is 53.1 Å². The largest absolute Gasteiger partial charge is 0.493 e. The second-order valence-electron chi connectivity index (χ2n) is 7.05. The lowest BCUT2D eigenvalue weighted by Gasteiger charge is -2.09. The van der Waals surface area contributed by atoms with Crippen LogP contribution < -0.4 is 14.8 Å². The maximum Gasteiger partial charge on any atom is 0.336 e. The van der Waals surface area contributed by atoms with Crippen LogP contribution in [0, 0.1) is 17.1 Å². The Labute approximate surface area is 196 Å². The maximum atomic E-state index is 13.0. The molecule has 34 heavy (non-hydrogen) atoms. The van der Waals surface area contributed by atoms with Crippen LogP contribution >= 0.6 is 0 Å². The van der Waals surface area contributed by atoms with E-state index in [9.17, 15) is 19.2 Å². The number of halogens is 1. The van der Waals surface area contributed by atoms with Crippen LogP contribution in [0.5, 0.6) is 11.5 Å². The molecule has 0 aromatic heterocycles. The third-order valence-corrected chi connectivity index (χ3v) is 4.65. The SMILES string of the molecule is COc1cc(/C=C(\C#N)C(=O)NCc2ccccc2)ccc1OC(=O)/C=C/c1ccc(F)cc1. The van der Waals surface area contributed by atoms with Crippen molar-refractivity contribution in [2.24, 2.45) is 0 Å². The number of hydrogen-bond acceptors (Lipinski definition) is 5. The molecule has 3 aromatic carbocycles. The summed E-state index contributed by atoms with van der Waals surface area (Å²) in [5.74, 6) is -1.11. The Balaban J connectivity index is 1.68. The number of carbonyl (C=O) groups is 2. The van der Waals surface area contributed by atoms with Gasteiger partial charge in [0.05, 0.1) is 7.11 Å². The van der Waals surface area contributed by atoms with Crippen molar-refractivity contribution in [3.8, 4) is 17.6 Å². The Bertz CT molecular complexity index is 1260. The zero-order valence-electron chi connectivity index (χ0n) is 18.3. The molecular formula is C27H21FN2O4. The van der Waals surface area contributed by atoms with Gasteiger partial charge in [-0.15, -0.1) is 0 Å². The molecule has 0 aliphatic heterocycles. The summed E-state index contributed by atoms with van der Waals surface area (Å²) in [4.78, 5) is 24.6. The van der Waals surface area contributed by atoms with E-state index < -0.39 is 11.9 Å². The molecular weight excluding hydrogens is 435 g/mol. The summed E-state index contributed by atoms with van der Waals surface area (Å²) in [6, 6.07) is 21.5. The number of methoxy groups -OCH3 is 1. The fourth-order valence-corrected chi connectivity index (χ4v) is 2.93. The normalized spacial score (nSPS) is 11.0. The van der Waals surface area contributed by atoms with Gasteiger partial charge < -0.3 is 14.8 Å². The number of amides is 1. The highest BCUT2D eigenvalue weighted by molar-refractivity contribution is 6.01. The van der Waals surface area contributed by atoms with Crippen LogP contribution in [0.3, 0.4) is 0 Å². The Morgan fingerprint density at radius 1 is 1.00 bits per heavy atom. The van der Waals surface area contributed by atoms with Gasteiger partial charge >= 0.3 is 5.97 Å². The van der Waals surface area contributed by atoms with E-state index in [1.54, 1.807) is 12.1 Å². The predicted molar refractivity (Wildman–Crippen MR) is 126 cm³/mol. The van der Waals surface area contributed by atoms with E-state index in [0.29, 0.717) is 17.7 Å². The van der Waals surface area contributed by atoms with Crippen molar-refractivity contribution < 1.29 is 23.5 Å². The molecule has 0 atom stereocenters. The first-order valence-electron chi connectivity index (χ1n) is 10.3. The highest BCUT2D eigenvalue weighted by atomic mass is 19.1. The fourth-order valence-electron chi connectivity index (χ4n) is 2.93. The lowest BCUT2D eigenvalue weighted by Crippen LogP contribution is -2.23. The van der Waals surface area contributed by atoms with Crippen LogP contribution in [0.15, 0.2) is 84.4 Å². The van der Waals surface area contributed by atoms with Crippen LogP contribution in [0.1, 0.15) is 16.7 Å². The molecule has 3 rings (SSSR count). The van der Waals surface area contributed by atoms with Gasteiger partial charge in [0.25, 0.3) is 5.91 Å². The number of nitrogens with zero attached hydrogens (tertiary/aromatic N) is 1. The third kappa shape index (κ3) is 6.90. The number of ether oxygens (including phenoxy) is 2. The highest BCUT2D eigenvalue weighted by Crippen LogP contribution is 2.29. The molecule has 3 aromatic rings. The molecule has 0 fully saturated rings. The van der Waals surface area contributed by atoms with Crippen molar-refractivity contribution in [1.29, 1.82) is 5.26 Å². The summed E-state index contributed by atoms with van der Waals surface area (Å²) in [5.41, 5.74) is 1.99. The van der Waals surface area contributed by atoms with E-state index in [1.807, 2.05) is 36.4 Å². The van der Waals surface area contributed by atoms with Crippen molar-refractivity contribution in [3.05, 3.63) is 107 Å². The molecule has 0 unspecified atom stereocenters. The van der Waals surface area contributed by atoms with Gasteiger partial charge in [-0.25, -0.2) is 9.18 Å².